The predicted octanol–water partition coefficient (Wildman–Crippen LogP) is -0.0256. The van der Waals surface area contributed by atoms with Crippen LogP contribution in [0.1, 0.15) is 12.8 Å². The van der Waals surface area contributed by atoms with Gasteiger partial charge in [0, 0.05) is 12.6 Å². The fraction of sp³-hybridized carbons (Fsp3) is 1.00. The Morgan fingerprint density at radius 2 is 2.42 bits per heavy atom. The zero-order chi connectivity index (χ0) is 8.23. The molecule has 2 unspecified atom stereocenters. The van der Waals surface area contributed by atoms with E-state index in [-0.39, 0.29) is 0 Å². The van der Waals surface area contributed by atoms with E-state index >= 15 is 0 Å². The summed E-state index contributed by atoms with van der Waals surface area (Å²) in [5.74, 6) is 0.852. The van der Waals surface area contributed by atoms with Gasteiger partial charge in [-0.25, -0.2) is 0 Å². The van der Waals surface area contributed by atoms with Crippen molar-refractivity contribution in [3.8, 4) is 0 Å². The Morgan fingerprint density at radius 3 is 3.08 bits per heavy atom. The molecular formula is C9H18N2O. The van der Waals surface area contributed by atoms with Gasteiger partial charge in [-0.1, -0.05) is 0 Å². The van der Waals surface area contributed by atoms with Gasteiger partial charge in [-0.15, -0.1) is 0 Å². The highest BCUT2D eigenvalue weighted by Crippen LogP contribution is 2.08. The monoisotopic (exact) mass is 170 g/mol. The van der Waals surface area contributed by atoms with Crippen molar-refractivity contribution in [2.24, 2.45) is 5.92 Å². The minimum Gasteiger partial charge on any atom is -0.380 e. The first kappa shape index (κ1) is 8.48. The van der Waals surface area contributed by atoms with Crippen molar-refractivity contribution in [1.29, 1.82) is 0 Å². The zero-order valence-corrected chi connectivity index (χ0v) is 7.51. The Kier molecular flexibility index (Phi) is 2.98. The fourth-order valence-corrected chi connectivity index (χ4v) is 1.92. The third-order valence-corrected chi connectivity index (χ3v) is 2.79. The molecule has 2 rings (SSSR count). The summed E-state index contributed by atoms with van der Waals surface area (Å²) in [7, 11) is 0. The molecule has 12 heavy (non-hydrogen) atoms. The Balaban J connectivity index is 1.60. The van der Waals surface area contributed by atoms with Crippen LogP contribution < -0.4 is 10.6 Å². The van der Waals surface area contributed by atoms with Crippen LogP contribution in [0.5, 0.6) is 0 Å². The van der Waals surface area contributed by atoms with Crippen LogP contribution in [-0.2, 0) is 4.74 Å². The summed E-state index contributed by atoms with van der Waals surface area (Å²) < 4.78 is 5.29. The number of ether oxygens (including phenoxy) is 1. The van der Waals surface area contributed by atoms with Gasteiger partial charge in [0.2, 0.25) is 0 Å². The summed E-state index contributed by atoms with van der Waals surface area (Å²) in [5, 5.41) is 6.93. The largest absolute Gasteiger partial charge is 0.380 e. The van der Waals surface area contributed by atoms with E-state index in [1.807, 2.05) is 0 Å². The van der Waals surface area contributed by atoms with Crippen molar-refractivity contribution in [3.63, 3.8) is 0 Å². The number of nitrogens with one attached hydrogen (secondary N) is 2. The molecule has 70 valence electrons. The van der Waals surface area contributed by atoms with Crippen LogP contribution in [0.15, 0.2) is 0 Å². The molecule has 2 heterocycles. The SMILES string of the molecule is C1CC(CNC2CCOC2)CN1. The molecule has 2 fully saturated rings. The Bertz CT molecular complexity index is 112. The van der Waals surface area contributed by atoms with Gasteiger partial charge < -0.3 is 15.4 Å². The molecule has 3 nitrogen and oxygen atoms in total. The molecule has 0 amide bonds. The maximum absolute atomic E-state index is 5.29. The normalized spacial score (nSPS) is 36.0. The Hall–Kier alpha value is -0.120. The molecule has 0 aliphatic carbocycles. The van der Waals surface area contributed by atoms with Gasteiger partial charge >= 0.3 is 0 Å². The molecule has 3 heteroatoms. The third-order valence-electron chi connectivity index (χ3n) is 2.79. The topological polar surface area (TPSA) is 33.3 Å². The first-order chi connectivity index (χ1) is 5.95. The maximum Gasteiger partial charge on any atom is 0.0620 e. The van der Waals surface area contributed by atoms with Gasteiger partial charge in [0.25, 0.3) is 0 Å². The van der Waals surface area contributed by atoms with E-state index in [9.17, 15) is 0 Å². The van der Waals surface area contributed by atoms with Crippen molar-refractivity contribution < 1.29 is 4.74 Å². The minimum absolute atomic E-state index is 0.630. The average Bonchev–Trinajstić information content (AvgIpc) is 2.74. The highest BCUT2D eigenvalue weighted by Gasteiger charge is 2.18. The second-order valence-corrected chi connectivity index (χ2v) is 3.83. The van der Waals surface area contributed by atoms with Gasteiger partial charge in [-0.2, -0.15) is 0 Å². The molecule has 0 saturated carbocycles. The van der Waals surface area contributed by atoms with E-state index in [4.69, 9.17) is 4.74 Å². The van der Waals surface area contributed by atoms with Gasteiger partial charge in [0.15, 0.2) is 0 Å². The average molecular weight is 170 g/mol. The first-order valence-corrected chi connectivity index (χ1v) is 4.97. The van der Waals surface area contributed by atoms with E-state index in [0.29, 0.717) is 6.04 Å². The molecule has 2 aliphatic rings. The highest BCUT2D eigenvalue weighted by molar-refractivity contribution is 4.77. The predicted molar refractivity (Wildman–Crippen MR) is 48.2 cm³/mol. The number of rotatable bonds is 3. The van der Waals surface area contributed by atoms with Crippen molar-refractivity contribution >= 4 is 0 Å². The number of hydrogen-bond donors (Lipinski definition) is 2. The summed E-state index contributed by atoms with van der Waals surface area (Å²) in [6, 6.07) is 0.630. The second kappa shape index (κ2) is 4.21. The van der Waals surface area contributed by atoms with E-state index in [1.54, 1.807) is 0 Å². The third kappa shape index (κ3) is 2.19. The summed E-state index contributed by atoms with van der Waals surface area (Å²) in [6.45, 7) is 5.43. The molecule has 0 aromatic heterocycles. The maximum atomic E-state index is 5.29. The van der Waals surface area contributed by atoms with Crippen LogP contribution in [0.2, 0.25) is 0 Å². The molecule has 2 atom stereocenters. The van der Waals surface area contributed by atoms with Gasteiger partial charge in [0.1, 0.15) is 0 Å². The van der Waals surface area contributed by atoms with Crippen molar-refractivity contribution in [3.05, 3.63) is 0 Å². The lowest BCUT2D eigenvalue weighted by molar-refractivity contribution is 0.189. The molecule has 0 bridgehead atoms. The van der Waals surface area contributed by atoms with Crippen LogP contribution in [0.3, 0.4) is 0 Å². The Morgan fingerprint density at radius 1 is 1.42 bits per heavy atom. The summed E-state index contributed by atoms with van der Waals surface area (Å²) >= 11 is 0. The smallest absolute Gasteiger partial charge is 0.0620 e. The second-order valence-electron chi connectivity index (χ2n) is 3.83. The van der Waals surface area contributed by atoms with Crippen molar-refractivity contribution in [2.75, 3.05) is 32.8 Å². The molecule has 0 spiro atoms. The van der Waals surface area contributed by atoms with E-state index in [2.05, 4.69) is 10.6 Å². The summed E-state index contributed by atoms with van der Waals surface area (Å²) in [6.07, 6.45) is 2.53. The van der Waals surface area contributed by atoms with Crippen LogP contribution in [0.25, 0.3) is 0 Å². The van der Waals surface area contributed by atoms with Crippen LogP contribution >= 0.6 is 0 Å². The molecule has 0 radical (unpaired) electrons. The van der Waals surface area contributed by atoms with Crippen molar-refractivity contribution in [1.82, 2.24) is 10.6 Å². The fourth-order valence-electron chi connectivity index (χ4n) is 1.92. The quantitative estimate of drug-likeness (QED) is 0.624. The molecule has 2 saturated heterocycles. The Labute approximate surface area is 73.9 Å². The lowest BCUT2D eigenvalue weighted by Crippen LogP contribution is -2.34. The van der Waals surface area contributed by atoms with Crippen LogP contribution in [0.4, 0.5) is 0 Å². The van der Waals surface area contributed by atoms with E-state index in [0.717, 1.165) is 19.1 Å². The molecule has 0 aromatic carbocycles. The summed E-state index contributed by atoms with van der Waals surface area (Å²) in [5.41, 5.74) is 0. The zero-order valence-electron chi connectivity index (χ0n) is 7.51. The lowest BCUT2D eigenvalue weighted by atomic mass is 10.1. The van der Waals surface area contributed by atoms with E-state index in [1.165, 1.54) is 32.5 Å². The first-order valence-electron chi connectivity index (χ1n) is 4.97. The molecule has 2 aliphatic heterocycles. The molecule has 2 N–H and O–H groups in total. The lowest BCUT2D eigenvalue weighted by Gasteiger charge is -2.13. The standard InChI is InChI=1S/C9H18N2O/c1-3-10-5-8(1)6-11-9-2-4-12-7-9/h8-11H,1-7H2. The van der Waals surface area contributed by atoms with Gasteiger partial charge in [-0.05, 0) is 38.4 Å². The summed E-state index contributed by atoms with van der Waals surface area (Å²) in [4.78, 5) is 0. The number of hydrogen-bond acceptors (Lipinski definition) is 3. The highest BCUT2D eigenvalue weighted by atomic mass is 16.5. The van der Waals surface area contributed by atoms with Crippen molar-refractivity contribution in [2.45, 2.75) is 18.9 Å². The van der Waals surface area contributed by atoms with Gasteiger partial charge in [-0.3, -0.25) is 0 Å². The van der Waals surface area contributed by atoms with Crippen LogP contribution in [-0.4, -0.2) is 38.9 Å². The van der Waals surface area contributed by atoms with E-state index < -0.39 is 0 Å². The minimum atomic E-state index is 0.630. The molecular weight excluding hydrogens is 152 g/mol. The van der Waals surface area contributed by atoms with Gasteiger partial charge in [0.05, 0.1) is 6.61 Å². The molecule has 0 aromatic rings. The van der Waals surface area contributed by atoms with Crippen LogP contribution in [0, 0.1) is 5.92 Å².